The van der Waals surface area contributed by atoms with Crippen LogP contribution in [-0.2, 0) is 4.79 Å². The second-order valence-electron chi connectivity index (χ2n) is 3.80. The lowest BCUT2D eigenvalue weighted by Crippen LogP contribution is -2.32. The number of carbonyl (C=O) groups is 1. The number of amides is 1. The number of anilines is 1. The Bertz CT molecular complexity index is 458. The second kappa shape index (κ2) is 5.78. The molecule has 1 aromatic heterocycles. The third-order valence-electron chi connectivity index (χ3n) is 2.33. The molecule has 0 unspecified atom stereocenters. The summed E-state index contributed by atoms with van der Waals surface area (Å²) in [6.07, 6.45) is -0.768. The maximum absolute atomic E-state index is 11.2. The summed E-state index contributed by atoms with van der Waals surface area (Å²) in [6, 6.07) is 1.34. The summed E-state index contributed by atoms with van der Waals surface area (Å²) in [5.41, 5.74) is -0.0951. The Morgan fingerprint density at radius 3 is 2.78 bits per heavy atom. The Morgan fingerprint density at radius 1 is 1.72 bits per heavy atom. The zero-order valence-electron chi connectivity index (χ0n) is 10.3. The summed E-state index contributed by atoms with van der Waals surface area (Å²) in [4.78, 5) is 23.6. The van der Waals surface area contributed by atoms with E-state index in [9.17, 15) is 20.0 Å². The summed E-state index contributed by atoms with van der Waals surface area (Å²) in [7, 11) is 3.10. The Morgan fingerprint density at radius 2 is 2.33 bits per heavy atom. The number of nitrogens with zero attached hydrogens (tertiary/aromatic N) is 2. The minimum Gasteiger partial charge on any atom is -0.388 e. The van der Waals surface area contributed by atoms with Crippen molar-refractivity contribution < 1.29 is 14.8 Å². The van der Waals surface area contributed by atoms with Gasteiger partial charge in [-0.3, -0.25) is 14.9 Å². The van der Waals surface area contributed by atoms with Crippen molar-refractivity contribution in [1.29, 1.82) is 0 Å². The standard InChI is InChI=1S/C10H15N3O4S/c1-6(14)8-4-7(13(16)17)10(18-8)12(3)5-9(15)11-2/h4,6,14H,5H2,1-3H3,(H,11,15)/t6-/m0/s1. The van der Waals surface area contributed by atoms with Crippen molar-refractivity contribution in [3.05, 3.63) is 21.1 Å². The van der Waals surface area contributed by atoms with Crippen LogP contribution in [0, 0.1) is 10.1 Å². The largest absolute Gasteiger partial charge is 0.388 e. The van der Waals surface area contributed by atoms with Gasteiger partial charge in [-0.25, -0.2) is 0 Å². The molecule has 100 valence electrons. The molecule has 0 aliphatic rings. The van der Waals surface area contributed by atoms with E-state index in [1.54, 1.807) is 7.05 Å². The predicted molar refractivity (Wildman–Crippen MR) is 68.9 cm³/mol. The summed E-state index contributed by atoms with van der Waals surface area (Å²) < 4.78 is 0. The first kappa shape index (κ1) is 14.4. The quantitative estimate of drug-likeness (QED) is 0.613. The molecule has 0 saturated heterocycles. The van der Waals surface area contributed by atoms with Gasteiger partial charge >= 0.3 is 5.69 Å². The van der Waals surface area contributed by atoms with Gasteiger partial charge in [-0.1, -0.05) is 0 Å². The number of rotatable bonds is 5. The van der Waals surface area contributed by atoms with E-state index in [1.165, 1.54) is 24.9 Å². The van der Waals surface area contributed by atoms with Gasteiger partial charge in [0.25, 0.3) is 0 Å². The molecule has 0 saturated carbocycles. The fraction of sp³-hybridized carbons (Fsp3) is 0.500. The first-order valence-corrected chi connectivity index (χ1v) is 6.06. The molecule has 8 heteroatoms. The number of nitrogens with one attached hydrogen (secondary N) is 1. The van der Waals surface area contributed by atoms with E-state index in [2.05, 4.69) is 5.32 Å². The van der Waals surface area contributed by atoms with Crippen LogP contribution in [0.4, 0.5) is 10.7 Å². The van der Waals surface area contributed by atoms with Crippen LogP contribution >= 0.6 is 11.3 Å². The van der Waals surface area contributed by atoms with E-state index in [-0.39, 0.29) is 18.1 Å². The van der Waals surface area contributed by atoms with Crippen molar-refractivity contribution in [2.45, 2.75) is 13.0 Å². The first-order valence-electron chi connectivity index (χ1n) is 5.24. The van der Waals surface area contributed by atoms with Gasteiger partial charge in [-0.05, 0) is 6.92 Å². The van der Waals surface area contributed by atoms with Crippen molar-refractivity contribution >= 4 is 27.9 Å². The molecule has 2 N–H and O–H groups in total. The van der Waals surface area contributed by atoms with E-state index in [0.717, 1.165) is 11.3 Å². The van der Waals surface area contributed by atoms with Crippen LogP contribution in [0.25, 0.3) is 0 Å². The van der Waals surface area contributed by atoms with Crippen molar-refractivity contribution in [3.63, 3.8) is 0 Å². The van der Waals surface area contributed by atoms with Crippen molar-refractivity contribution in [2.24, 2.45) is 0 Å². The van der Waals surface area contributed by atoms with E-state index in [4.69, 9.17) is 0 Å². The molecule has 0 bridgehead atoms. The lowest BCUT2D eigenvalue weighted by atomic mass is 10.3. The van der Waals surface area contributed by atoms with Gasteiger partial charge in [0.2, 0.25) is 5.91 Å². The Labute approximate surface area is 108 Å². The molecular formula is C10H15N3O4S. The minimum absolute atomic E-state index is 0.0249. The molecule has 0 aliphatic heterocycles. The Hall–Kier alpha value is -1.67. The van der Waals surface area contributed by atoms with Gasteiger partial charge in [0.1, 0.15) is 0 Å². The maximum Gasteiger partial charge on any atom is 0.304 e. The first-order chi connectivity index (χ1) is 8.36. The molecule has 1 atom stereocenters. The van der Waals surface area contributed by atoms with Crippen LogP contribution in [0.15, 0.2) is 6.07 Å². The normalized spacial score (nSPS) is 12.0. The SMILES string of the molecule is CNC(=O)CN(C)c1sc([C@H](C)O)cc1[N+](=O)[O-]. The van der Waals surface area contributed by atoms with Crippen LogP contribution in [-0.4, -0.2) is 36.6 Å². The second-order valence-corrected chi connectivity index (χ2v) is 4.86. The number of hydrogen-bond donors (Lipinski definition) is 2. The van der Waals surface area contributed by atoms with Crippen molar-refractivity contribution in [3.8, 4) is 0 Å². The van der Waals surface area contributed by atoms with Crippen LogP contribution in [0.2, 0.25) is 0 Å². The molecule has 18 heavy (non-hydrogen) atoms. The van der Waals surface area contributed by atoms with E-state index in [0.29, 0.717) is 9.88 Å². The van der Waals surface area contributed by atoms with Crippen molar-refractivity contribution in [2.75, 3.05) is 25.5 Å². The molecule has 1 aromatic rings. The molecule has 0 fully saturated rings. The van der Waals surface area contributed by atoms with Gasteiger partial charge in [0.05, 0.1) is 17.6 Å². The zero-order chi connectivity index (χ0) is 13.9. The molecular weight excluding hydrogens is 258 g/mol. The predicted octanol–water partition coefficient (Wildman–Crippen LogP) is 0.892. The summed E-state index contributed by atoms with van der Waals surface area (Å²) >= 11 is 1.11. The molecule has 7 nitrogen and oxygen atoms in total. The van der Waals surface area contributed by atoms with Gasteiger partial charge in [0.15, 0.2) is 5.00 Å². The number of nitro groups is 1. The molecule has 0 spiro atoms. The Balaban J connectivity index is 3.05. The lowest BCUT2D eigenvalue weighted by molar-refractivity contribution is -0.383. The van der Waals surface area contributed by atoms with Gasteiger partial charge in [0, 0.05) is 25.0 Å². The summed E-state index contributed by atoms with van der Waals surface area (Å²) in [5.74, 6) is -0.237. The average molecular weight is 273 g/mol. The van der Waals surface area contributed by atoms with Gasteiger partial charge < -0.3 is 15.3 Å². The highest BCUT2D eigenvalue weighted by atomic mass is 32.1. The third kappa shape index (κ3) is 3.17. The van der Waals surface area contributed by atoms with Crippen molar-refractivity contribution in [1.82, 2.24) is 5.32 Å². The zero-order valence-corrected chi connectivity index (χ0v) is 11.2. The molecule has 1 amide bonds. The van der Waals surface area contributed by atoms with E-state index >= 15 is 0 Å². The van der Waals surface area contributed by atoms with Gasteiger partial charge in [-0.15, -0.1) is 11.3 Å². The van der Waals surface area contributed by atoms with Gasteiger partial charge in [-0.2, -0.15) is 0 Å². The molecule has 0 aliphatic carbocycles. The van der Waals surface area contributed by atoms with E-state index in [1.807, 2.05) is 0 Å². The highest BCUT2D eigenvalue weighted by molar-refractivity contribution is 7.16. The van der Waals surface area contributed by atoms with Crippen LogP contribution in [0.5, 0.6) is 0 Å². The number of thiophene rings is 1. The van der Waals surface area contributed by atoms with E-state index < -0.39 is 11.0 Å². The topological polar surface area (TPSA) is 95.7 Å². The number of aliphatic hydroxyl groups is 1. The monoisotopic (exact) mass is 273 g/mol. The highest BCUT2D eigenvalue weighted by Crippen LogP contribution is 2.39. The Kier molecular flexibility index (Phi) is 4.62. The molecule has 1 rings (SSSR count). The molecule has 0 radical (unpaired) electrons. The smallest absolute Gasteiger partial charge is 0.304 e. The average Bonchev–Trinajstić information content (AvgIpc) is 2.73. The number of aliphatic hydroxyl groups excluding tert-OH is 1. The van der Waals surface area contributed by atoms with Crippen LogP contribution in [0.3, 0.4) is 0 Å². The summed E-state index contributed by atoms with van der Waals surface area (Å²) in [6.45, 7) is 1.56. The van der Waals surface area contributed by atoms with Crippen LogP contribution in [0.1, 0.15) is 17.9 Å². The lowest BCUT2D eigenvalue weighted by Gasteiger charge is -2.15. The molecule has 1 heterocycles. The van der Waals surface area contributed by atoms with Crippen LogP contribution < -0.4 is 10.2 Å². The maximum atomic E-state index is 11.2. The summed E-state index contributed by atoms with van der Waals surface area (Å²) in [5, 5.41) is 23.2. The number of likely N-dealkylation sites (N-methyl/N-ethyl adjacent to an activating group) is 2. The minimum atomic E-state index is -0.768. The fourth-order valence-electron chi connectivity index (χ4n) is 1.37. The molecule has 0 aromatic carbocycles. The number of hydrogen-bond acceptors (Lipinski definition) is 6. The third-order valence-corrected chi connectivity index (χ3v) is 3.74. The fourth-order valence-corrected chi connectivity index (χ4v) is 2.39. The number of carbonyl (C=O) groups excluding carboxylic acids is 1. The highest BCUT2D eigenvalue weighted by Gasteiger charge is 2.24.